The molecule has 1 aliphatic heterocycles. The molecule has 2 rings (SSSR count). The summed E-state index contributed by atoms with van der Waals surface area (Å²) in [5, 5.41) is 5.93. The molecular weight excluding hydrogens is 417 g/mol. The van der Waals surface area contributed by atoms with Crippen molar-refractivity contribution < 1.29 is 9.53 Å². The molecule has 0 saturated carbocycles. The molecule has 5 nitrogen and oxygen atoms in total. The summed E-state index contributed by atoms with van der Waals surface area (Å²) in [6.07, 6.45) is 2.02. The van der Waals surface area contributed by atoms with E-state index in [1.165, 1.54) is 0 Å². The predicted molar refractivity (Wildman–Crippen MR) is 106 cm³/mol. The lowest BCUT2D eigenvalue weighted by atomic mass is 10.1. The minimum Gasteiger partial charge on any atom is -0.492 e. The van der Waals surface area contributed by atoms with Crippen molar-refractivity contribution in [3.8, 4) is 5.75 Å². The third-order valence-electron chi connectivity index (χ3n) is 3.78. The molecule has 0 aromatic heterocycles. The van der Waals surface area contributed by atoms with Crippen LogP contribution in [0, 0.1) is 0 Å². The van der Waals surface area contributed by atoms with Gasteiger partial charge in [-0.1, -0.05) is 15.9 Å². The predicted octanol–water partition coefficient (Wildman–Crippen LogP) is 2.47. The van der Waals surface area contributed by atoms with E-state index < -0.39 is 0 Å². The Bertz CT molecular complexity index is 469. The minimum atomic E-state index is 0. The fourth-order valence-corrected chi connectivity index (χ4v) is 2.83. The zero-order valence-electron chi connectivity index (χ0n) is 13.8. The van der Waals surface area contributed by atoms with Crippen LogP contribution in [0.3, 0.4) is 0 Å². The molecule has 1 aromatic carbocycles. The van der Waals surface area contributed by atoms with E-state index in [4.69, 9.17) is 4.74 Å². The van der Waals surface area contributed by atoms with Gasteiger partial charge in [0.15, 0.2) is 0 Å². The molecule has 0 spiro atoms. The van der Waals surface area contributed by atoms with Gasteiger partial charge < -0.3 is 15.4 Å². The summed E-state index contributed by atoms with van der Waals surface area (Å²) in [4.78, 5) is 13.9. The van der Waals surface area contributed by atoms with Crippen LogP contribution in [-0.2, 0) is 4.79 Å². The van der Waals surface area contributed by atoms with Gasteiger partial charge in [-0.05, 0) is 44.2 Å². The number of piperidine rings is 1. The smallest absolute Gasteiger partial charge is 0.234 e. The summed E-state index contributed by atoms with van der Waals surface area (Å²) in [6.45, 7) is 4.02. The maximum absolute atomic E-state index is 11.5. The summed E-state index contributed by atoms with van der Waals surface area (Å²) in [5.74, 6) is 0.983. The van der Waals surface area contributed by atoms with Crippen molar-refractivity contribution in [3.63, 3.8) is 0 Å². The maximum atomic E-state index is 11.5. The van der Waals surface area contributed by atoms with Gasteiger partial charge in [0.05, 0.1) is 6.54 Å². The van der Waals surface area contributed by atoms with E-state index >= 15 is 0 Å². The second-order valence-corrected chi connectivity index (χ2v) is 6.43. The highest BCUT2D eigenvalue weighted by atomic mass is 79.9. The molecular formula is C16H26BrCl2N3O2. The van der Waals surface area contributed by atoms with Crippen molar-refractivity contribution in [1.29, 1.82) is 0 Å². The first kappa shape index (κ1) is 23.5. The maximum Gasteiger partial charge on any atom is 0.234 e. The van der Waals surface area contributed by atoms with Crippen LogP contribution in [0.4, 0.5) is 0 Å². The van der Waals surface area contributed by atoms with E-state index in [0.29, 0.717) is 19.2 Å². The Balaban J connectivity index is 0.00000264. The number of benzene rings is 1. The van der Waals surface area contributed by atoms with Crippen LogP contribution in [0.5, 0.6) is 5.75 Å². The number of ether oxygens (including phenoxy) is 1. The Morgan fingerprint density at radius 2 is 1.88 bits per heavy atom. The third kappa shape index (κ3) is 8.53. The zero-order chi connectivity index (χ0) is 15.8. The monoisotopic (exact) mass is 441 g/mol. The Labute approximate surface area is 164 Å². The van der Waals surface area contributed by atoms with E-state index in [0.717, 1.165) is 42.7 Å². The average Bonchev–Trinajstić information content (AvgIpc) is 2.51. The first-order chi connectivity index (χ1) is 10.7. The molecule has 1 aliphatic rings. The largest absolute Gasteiger partial charge is 0.492 e. The second kappa shape index (κ2) is 12.8. The van der Waals surface area contributed by atoms with Crippen molar-refractivity contribution in [3.05, 3.63) is 28.7 Å². The number of halogens is 3. The van der Waals surface area contributed by atoms with Crippen LogP contribution in [0.2, 0.25) is 0 Å². The quantitative estimate of drug-likeness (QED) is 0.680. The van der Waals surface area contributed by atoms with Crippen molar-refractivity contribution in [2.45, 2.75) is 18.9 Å². The summed E-state index contributed by atoms with van der Waals surface area (Å²) in [6, 6.07) is 8.20. The molecule has 8 heteroatoms. The van der Waals surface area contributed by atoms with Crippen molar-refractivity contribution in [1.82, 2.24) is 15.5 Å². The number of carbonyl (C=O) groups is 1. The van der Waals surface area contributed by atoms with Gasteiger partial charge in [-0.3, -0.25) is 9.69 Å². The van der Waals surface area contributed by atoms with Crippen LogP contribution >= 0.6 is 40.7 Å². The number of hydrogen-bond donors (Lipinski definition) is 2. The summed E-state index contributed by atoms with van der Waals surface area (Å²) >= 11 is 3.41. The van der Waals surface area contributed by atoms with E-state index in [1.54, 1.807) is 7.05 Å². The van der Waals surface area contributed by atoms with Gasteiger partial charge in [0, 0.05) is 30.1 Å². The van der Waals surface area contributed by atoms with Crippen molar-refractivity contribution in [2.24, 2.45) is 0 Å². The highest BCUT2D eigenvalue weighted by Crippen LogP contribution is 2.16. The number of nitrogens with zero attached hydrogens (tertiary/aromatic N) is 1. The van der Waals surface area contributed by atoms with Gasteiger partial charge in [0.25, 0.3) is 0 Å². The van der Waals surface area contributed by atoms with Crippen molar-refractivity contribution in [2.75, 3.05) is 39.8 Å². The van der Waals surface area contributed by atoms with Gasteiger partial charge >= 0.3 is 0 Å². The van der Waals surface area contributed by atoms with E-state index in [9.17, 15) is 4.79 Å². The molecule has 24 heavy (non-hydrogen) atoms. The highest BCUT2D eigenvalue weighted by Gasteiger charge is 2.20. The molecule has 0 aliphatic carbocycles. The van der Waals surface area contributed by atoms with Crippen LogP contribution in [-0.4, -0.2) is 56.7 Å². The summed E-state index contributed by atoms with van der Waals surface area (Å²) in [7, 11) is 1.79. The lowest BCUT2D eigenvalue weighted by molar-refractivity contribution is -0.121. The Kier molecular flexibility index (Phi) is 12.5. The molecule has 0 bridgehead atoms. The molecule has 0 atom stereocenters. The number of carbonyl (C=O) groups excluding carboxylic acids is 1. The van der Waals surface area contributed by atoms with Crippen LogP contribution in [0.25, 0.3) is 0 Å². The summed E-state index contributed by atoms with van der Waals surface area (Å²) in [5.41, 5.74) is 0. The van der Waals surface area contributed by atoms with Gasteiger partial charge in [-0.2, -0.15) is 0 Å². The van der Waals surface area contributed by atoms with Crippen LogP contribution in [0.15, 0.2) is 28.7 Å². The molecule has 1 heterocycles. The van der Waals surface area contributed by atoms with E-state index in [-0.39, 0.29) is 30.7 Å². The van der Waals surface area contributed by atoms with Crippen LogP contribution < -0.4 is 15.4 Å². The molecule has 1 saturated heterocycles. The normalized spacial score (nSPS) is 15.1. The Morgan fingerprint density at radius 1 is 1.25 bits per heavy atom. The summed E-state index contributed by atoms with van der Waals surface area (Å²) < 4.78 is 6.80. The average molecular weight is 443 g/mol. The first-order valence-corrected chi connectivity index (χ1v) is 8.51. The Hall–Kier alpha value is -0.530. The molecule has 1 aromatic rings. The molecule has 0 radical (unpaired) electrons. The minimum absolute atomic E-state index is 0. The molecule has 2 N–H and O–H groups in total. The lowest BCUT2D eigenvalue weighted by Crippen LogP contribution is -2.47. The lowest BCUT2D eigenvalue weighted by Gasteiger charge is -2.32. The number of amides is 1. The molecule has 1 amide bonds. The van der Waals surface area contributed by atoms with Crippen molar-refractivity contribution >= 4 is 46.7 Å². The highest BCUT2D eigenvalue weighted by molar-refractivity contribution is 9.10. The number of likely N-dealkylation sites (tertiary alicyclic amines) is 1. The SMILES string of the molecule is CNCC(=O)NC1CCN(CCOc2ccc(Br)cc2)CC1.Cl.Cl. The van der Waals surface area contributed by atoms with Gasteiger partial charge in [0.1, 0.15) is 12.4 Å². The number of likely N-dealkylation sites (N-methyl/N-ethyl adjacent to an activating group) is 1. The molecule has 138 valence electrons. The standard InChI is InChI=1S/C16H24BrN3O2.2ClH/c1-18-12-16(21)19-14-6-8-20(9-7-14)10-11-22-15-4-2-13(17)3-5-15;;/h2-5,14,18H,6-12H2,1H3,(H,19,21);2*1H. The Morgan fingerprint density at radius 3 is 2.46 bits per heavy atom. The number of nitrogens with one attached hydrogen (secondary N) is 2. The number of hydrogen-bond acceptors (Lipinski definition) is 4. The van der Waals surface area contributed by atoms with Gasteiger partial charge in [0.2, 0.25) is 5.91 Å². The van der Waals surface area contributed by atoms with Gasteiger partial charge in [-0.25, -0.2) is 0 Å². The van der Waals surface area contributed by atoms with E-state index in [1.807, 2.05) is 24.3 Å². The van der Waals surface area contributed by atoms with Gasteiger partial charge in [-0.15, -0.1) is 24.8 Å². The fraction of sp³-hybridized carbons (Fsp3) is 0.562. The van der Waals surface area contributed by atoms with E-state index in [2.05, 4.69) is 31.5 Å². The first-order valence-electron chi connectivity index (χ1n) is 7.72. The zero-order valence-corrected chi connectivity index (χ0v) is 17.0. The van der Waals surface area contributed by atoms with Crippen LogP contribution in [0.1, 0.15) is 12.8 Å². The fourth-order valence-electron chi connectivity index (χ4n) is 2.56. The topological polar surface area (TPSA) is 53.6 Å². The third-order valence-corrected chi connectivity index (χ3v) is 4.31. The number of rotatable bonds is 7. The molecule has 0 unspecified atom stereocenters. The molecule has 1 fully saturated rings. The second-order valence-electron chi connectivity index (χ2n) is 5.52.